The maximum absolute atomic E-state index is 12.2. The fraction of sp³-hybridized carbons (Fsp3) is 0.442. The number of pyridine rings is 1. The molecule has 0 bridgehead atoms. The zero-order valence-corrected chi connectivity index (χ0v) is 35.1. The third-order valence-corrected chi connectivity index (χ3v) is 12.3. The van der Waals surface area contributed by atoms with Crippen molar-refractivity contribution in [3.8, 4) is 11.3 Å². The molecule has 0 fully saturated rings. The van der Waals surface area contributed by atoms with Gasteiger partial charge in [-0.2, -0.15) is 0 Å². The molecule has 0 aliphatic carbocycles. The van der Waals surface area contributed by atoms with Crippen LogP contribution in [-0.2, 0) is 30.3 Å². The van der Waals surface area contributed by atoms with Crippen LogP contribution in [0.25, 0.3) is 43.9 Å². The van der Waals surface area contributed by atoms with Crippen LogP contribution in [0.1, 0.15) is 93.6 Å². The predicted octanol–water partition coefficient (Wildman–Crippen LogP) is 12.1. The van der Waals surface area contributed by atoms with Crippen molar-refractivity contribution in [2.75, 3.05) is 0 Å². The molecule has 5 rings (SSSR count). The number of rotatable bonds is 9. The van der Waals surface area contributed by atoms with Gasteiger partial charge >= 0.3 is 0 Å². The van der Waals surface area contributed by atoms with Gasteiger partial charge in [0.25, 0.3) is 0 Å². The molecule has 0 spiro atoms. The molecule has 0 saturated heterocycles. The van der Waals surface area contributed by atoms with Crippen molar-refractivity contribution in [1.82, 2.24) is 4.98 Å². The number of ketones is 1. The number of allylic oxidation sites excluding steroid dienone is 2. The van der Waals surface area contributed by atoms with Crippen LogP contribution in [0.15, 0.2) is 76.9 Å². The number of carbonyl (C=O) groups excluding carboxylic acids is 1. The van der Waals surface area contributed by atoms with Crippen LogP contribution in [0, 0.1) is 16.9 Å². The molecule has 4 nitrogen and oxygen atoms in total. The molecular weight excluding hydrogens is 799 g/mol. The molecule has 0 saturated carbocycles. The average molecular weight is 855 g/mol. The van der Waals surface area contributed by atoms with Crippen LogP contribution in [0.4, 0.5) is 0 Å². The molecule has 0 aliphatic heterocycles. The van der Waals surface area contributed by atoms with E-state index in [0.29, 0.717) is 0 Å². The summed E-state index contributed by atoms with van der Waals surface area (Å²) in [6.07, 6.45) is 4.75. The first-order chi connectivity index (χ1) is 22.4. The van der Waals surface area contributed by atoms with Crippen molar-refractivity contribution in [1.29, 1.82) is 0 Å². The van der Waals surface area contributed by atoms with E-state index in [1.807, 2.05) is 41.5 Å². The third kappa shape index (κ3) is 8.47. The molecule has 5 aromatic rings. The minimum atomic E-state index is -1.62. The number of furan rings is 1. The SMILES string of the molecule is CC(C)(C)c1cc(-c2nc3ccccc3c3cc([Si](C)(C)C)oc23)[c-]c2ccccc12.CCC(C)(CC)C(=O)/C=C(\O)C(C)(CC)CC.[Ir]. The van der Waals surface area contributed by atoms with Gasteiger partial charge in [-0.15, -0.1) is 29.1 Å². The van der Waals surface area contributed by atoms with Crippen molar-refractivity contribution in [2.45, 2.75) is 113 Å². The first-order valence-electron chi connectivity index (χ1n) is 17.7. The minimum absolute atomic E-state index is 0. The summed E-state index contributed by atoms with van der Waals surface area (Å²) in [7, 11) is -1.62. The molecule has 49 heavy (non-hydrogen) atoms. The standard InChI is InChI=1S/C28H28NOSi.C15H28O2.Ir/c1-28(2,3)23-16-19(15-18-11-7-8-12-20(18)23)26-27-22(17-25(30-27)31(4,5)6)21-13-9-10-14-24(21)29-26;1-7-14(5,8-2)12(16)11-13(17)15(6,9-3)10-4;/h7-14,16-17H,1-6H3;11,16H,7-10H2,1-6H3;/q-1;;/b;12-11-;. The molecule has 265 valence electrons. The van der Waals surface area contributed by atoms with E-state index in [2.05, 4.69) is 107 Å². The van der Waals surface area contributed by atoms with Crippen molar-refractivity contribution in [3.63, 3.8) is 0 Å². The number of hydrogen-bond acceptors (Lipinski definition) is 4. The van der Waals surface area contributed by atoms with Gasteiger partial charge in [-0.1, -0.05) is 129 Å². The number of para-hydroxylation sites is 1. The van der Waals surface area contributed by atoms with Gasteiger partial charge < -0.3 is 9.52 Å². The molecule has 0 amide bonds. The van der Waals surface area contributed by atoms with Gasteiger partial charge in [-0.25, -0.2) is 0 Å². The second-order valence-corrected chi connectivity index (χ2v) is 20.9. The van der Waals surface area contributed by atoms with E-state index in [1.54, 1.807) is 0 Å². The summed E-state index contributed by atoms with van der Waals surface area (Å²) in [6.45, 7) is 25.8. The zero-order valence-electron chi connectivity index (χ0n) is 31.7. The van der Waals surface area contributed by atoms with Crippen molar-refractivity contribution < 1.29 is 34.4 Å². The maximum Gasteiger partial charge on any atom is 0.164 e. The third-order valence-electron chi connectivity index (χ3n) is 10.6. The van der Waals surface area contributed by atoms with Crippen LogP contribution in [0.5, 0.6) is 0 Å². The molecule has 3 aromatic carbocycles. The van der Waals surface area contributed by atoms with E-state index in [4.69, 9.17) is 9.40 Å². The Kier molecular flexibility index (Phi) is 12.7. The van der Waals surface area contributed by atoms with Crippen molar-refractivity contribution in [3.05, 3.63) is 84.1 Å². The van der Waals surface area contributed by atoms with Crippen LogP contribution in [0.3, 0.4) is 0 Å². The van der Waals surface area contributed by atoms with Gasteiger partial charge in [-0.05, 0) is 43.2 Å². The number of aromatic nitrogens is 1. The van der Waals surface area contributed by atoms with Gasteiger partial charge in [0.1, 0.15) is 19.4 Å². The monoisotopic (exact) mass is 855 g/mol. The normalized spacial score (nSPS) is 12.9. The molecule has 1 N–H and O–H groups in total. The van der Waals surface area contributed by atoms with Crippen LogP contribution in [-0.4, -0.2) is 23.9 Å². The second kappa shape index (κ2) is 15.5. The van der Waals surface area contributed by atoms with E-state index in [9.17, 15) is 9.90 Å². The quantitative estimate of drug-likeness (QED) is 0.0694. The molecular formula is C43H56IrNO3Si-. The fourth-order valence-corrected chi connectivity index (χ4v) is 6.94. The summed E-state index contributed by atoms with van der Waals surface area (Å²) in [4.78, 5) is 17.3. The Balaban J connectivity index is 0.000000312. The number of aliphatic hydroxyl groups is 1. The Bertz CT molecular complexity index is 1950. The molecule has 0 unspecified atom stereocenters. The van der Waals surface area contributed by atoms with E-state index >= 15 is 0 Å². The molecule has 0 aliphatic rings. The molecule has 6 heteroatoms. The smallest absolute Gasteiger partial charge is 0.164 e. The number of hydrogen-bond donors (Lipinski definition) is 1. The topological polar surface area (TPSA) is 63.3 Å². The summed E-state index contributed by atoms with van der Waals surface area (Å²) in [5.74, 6) is 0.286. The van der Waals surface area contributed by atoms with Gasteiger partial charge in [-0.3, -0.25) is 9.78 Å². The first-order valence-corrected chi connectivity index (χ1v) is 21.2. The van der Waals surface area contributed by atoms with E-state index in [-0.39, 0.29) is 47.9 Å². The zero-order chi connectivity index (χ0) is 35.7. The Hall–Kier alpha value is -3.05. The summed E-state index contributed by atoms with van der Waals surface area (Å²) in [5, 5.41) is 15.9. The summed E-state index contributed by atoms with van der Waals surface area (Å²) < 4.78 is 6.54. The largest absolute Gasteiger partial charge is 0.512 e. The maximum atomic E-state index is 12.2. The van der Waals surface area contributed by atoms with Crippen LogP contribution < -0.4 is 5.38 Å². The molecule has 2 aromatic heterocycles. The van der Waals surface area contributed by atoms with Crippen LogP contribution in [0.2, 0.25) is 19.6 Å². The summed E-state index contributed by atoms with van der Waals surface area (Å²) >= 11 is 0. The number of aliphatic hydroxyl groups excluding tert-OH is 1. The van der Waals surface area contributed by atoms with Gasteiger partial charge in [0, 0.05) is 53.5 Å². The number of fused-ring (bicyclic) bond motifs is 4. The van der Waals surface area contributed by atoms with Gasteiger partial charge in [0.2, 0.25) is 0 Å². The number of benzene rings is 3. The predicted molar refractivity (Wildman–Crippen MR) is 208 cm³/mol. The molecule has 2 heterocycles. The van der Waals surface area contributed by atoms with Crippen molar-refractivity contribution in [2.24, 2.45) is 10.8 Å². The summed E-state index contributed by atoms with van der Waals surface area (Å²) in [5.41, 5.74) is 4.46. The van der Waals surface area contributed by atoms with Gasteiger partial charge in [0.15, 0.2) is 5.78 Å². The van der Waals surface area contributed by atoms with Gasteiger partial charge in [0.05, 0.1) is 10.9 Å². The number of nitrogens with zero attached hydrogens (tertiary/aromatic N) is 1. The molecule has 1 radical (unpaired) electrons. The minimum Gasteiger partial charge on any atom is -0.512 e. The van der Waals surface area contributed by atoms with E-state index in [1.165, 1.54) is 17.0 Å². The van der Waals surface area contributed by atoms with E-state index in [0.717, 1.165) is 69.6 Å². The summed E-state index contributed by atoms with van der Waals surface area (Å²) in [6, 6.07) is 25.0. The first kappa shape index (κ1) is 40.4. The Labute approximate surface area is 309 Å². The Morgan fingerprint density at radius 3 is 1.92 bits per heavy atom. The van der Waals surface area contributed by atoms with Crippen LogP contribution >= 0.6 is 0 Å². The van der Waals surface area contributed by atoms with Crippen molar-refractivity contribution >= 4 is 51.9 Å². The Morgan fingerprint density at radius 2 is 1.37 bits per heavy atom. The number of carbonyl (C=O) groups is 1. The second-order valence-electron chi connectivity index (χ2n) is 15.9. The fourth-order valence-electron chi connectivity index (χ4n) is 5.95. The molecule has 0 atom stereocenters. The van der Waals surface area contributed by atoms with E-state index < -0.39 is 8.07 Å². The Morgan fingerprint density at radius 1 is 0.816 bits per heavy atom. The average Bonchev–Trinajstić information content (AvgIpc) is 3.53.